The number of nitrogens with zero attached hydrogens (tertiary/aromatic N) is 2. The Bertz CT molecular complexity index is 1230. The highest BCUT2D eigenvalue weighted by atomic mass is 79.9. The maximum Gasteiger partial charge on any atom is 0.263 e. The maximum atomic E-state index is 13.1. The molecule has 0 atom stereocenters. The Morgan fingerprint density at radius 2 is 1.86 bits per heavy atom. The Morgan fingerprint density at radius 3 is 2.61 bits per heavy atom. The van der Waals surface area contributed by atoms with Crippen LogP contribution in [0.5, 0.6) is 0 Å². The van der Waals surface area contributed by atoms with Crippen molar-refractivity contribution in [2.45, 2.75) is 13.5 Å². The molecule has 28 heavy (non-hydrogen) atoms. The van der Waals surface area contributed by atoms with E-state index in [2.05, 4.69) is 26.2 Å². The molecular weight excluding hydrogens is 438 g/mol. The monoisotopic (exact) mass is 453 g/mol. The third-order valence-corrected chi connectivity index (χ3v) is 6.08. The van der Waals surface area contributed by atoms with Crippen LogP contribution < -0.4 is 10.9 Å². The number of para-hydroxylation sites is 1. The molecule has 0 aliphatic heterocycles. The third kappa shape index (κ3) is 3.50. The summed E-state index contributed by atoms with van der Waals surface area (Å²) in [6, 6.07) is 17.1. The first-order chi connectivity index (χ1) is 13.5. The summed E-state index contributed by atoms with van der Waals surface area (Å²) in [5.41, 5.74) is 2.31. The minimum Gasteiger partial charge on any atom is -0.324 e. The van der Waals surface area contributed by atoms with Gasteiger partial charge in [-0.05, 0) is 40.5 Å². The van der Waals surface area contributed by atoms with Crippen molar-refractivity contribution in [2.24, 2.45) is 0 Å². The Kier molecular flexibility index (Phi) is 5.11. The summed E-state index contributed by atoms with van der Waals surface area (Å²) in [7, 11) is 0. The number of carbonyl (C=O) groups is 1. The average molecular weight is 454 g/mol. The summed E-state index contributed by atoms with van der Waals surface area (Å²) in [6.45, 7) is 1.88. The van der Waals surface area contributed by atoms with E-state index in [1.807, 2.05) is 55.5 Å². The molecule has 4 aromatic rings. The van der Waals surface area contributed by atoms with E-state index in [1.54, 1.807) is 6.07 Å². The molecule has 0 unspecified atom stereocenters. The van der Waals surface area contributed by atoms with E-state index in [-0.39, 0.29) is 18.0 Å². The lowest BCUT2D eigenvalue weighted by molar-refractivity contribution is -0.116. The van der Waals surface area contributed by atoms with Crippen LogP contribution in [0.4, 0.5) is 5.69 Å². The van der Waals surface area contributed by atoms with Gasteiger partial charge in [-0.1, -0.05) is 42.5 Å². The van der Waals surface area contributed by atoms with Gasteiger partial charge in [0.2, 0.25) is 5.91 Å². The van der Waals surface area contributed by atoms with Gasteiger partial charge in [-0.2, -0.15) is 0 Å². The first-order valence-electron chi connectivity index (χ1n) is 8.63. The van der Waals surface area contributed by atoms with Crippen molar-refractivity contribution in [2.75, 3.05) is 5.32 Å². The number of aromatic nitrogens is 2. The van der Waals surface area contributed by atoms with Crippen molar-refractivity contribution in [1.82, 2.24) is 9.55 Å². The van der Waals surface area contributed by atoms with Crippen LogP contribution in [0.15, 0.2) is 70.2 Å². The van der Waals surface area contributed by atoms with Gasteiger partial charge < -0.3 is 5.32 Å². The number of carbonyl (C=O) groups excluding carboxylic acids is 1. The molecule has 0 bridgehead atoms. The van der Waals surface area contributed by atoms with Crippen LogP contribution in [0, 0.1) is 6.92 Å². The van der Waals surface area contributed by atoms with Crippen molar-refractivity contribution >= 4 is 49.1 Å². The Labute approximate surface area is 173 Å². The lowest BCUT2D eigenvalue weighted by atomic mass is 10.0. The van der Waals surface area contributed by atoms with Crippen molar-refractivity contribution in [3.8, 4) is 11.1 Å². The number of halogens is 1. The second kappa shape index (κ2) is 7.69. The fourth-order valence-corrected chi connectivity index (χ4v) is 4.50. The molecule has 0 aliphatic rings. The number of hydrogen-bond acceptors (Lipinski definition) is 4. The predicted molar refractivity (Wildman–Crippen MR) is 117 cm³/mol. The Hall–Kier alpha value is -2.77. The molecule has 1 N–H and O–H groups in total. The molecule has 0 spiro atoms. The Balaban J connectivity index is 1.71. The summed E-state index contributed by atoms with van der Waals surface area (Å²) in [6.07, 6.45) is 1.44. The van der Waals surface area contributed by atoms with E-state index >= 15 is 0 Å². The van der Waals surface area contributed by atoms with E-state index in [0.717, 1.165) is 20.5 Å². The van der Waals surface area contributed by atoms with E-state index in [1.165, 1.54) is 22.2 Å². The zero-order valence-electron chi connectivity index (χ0n) is 15.0. The largest absolute Gasteiger partial charge is 0.324 e. The van der Waals surface area contributed by atoms with Gasteiger partial charge in [0.05, 0.1) is 17.4 Å². The molecule has 0 aliphatic carbocycles. The molecule has 0 saturated heterocycles. The van der Waals surface area contributed by atoms with Gasteiger partial charge in [-0.25, -0.2) is 4.98 Å². The van der Waals surface area contributed by atoms with Crippen molar-refractivity contribution < 1.29 is 4.79 Å². The van der Waals surface area contributed by atoms with Gasteiger partial charge in [0.25, 0.3) is 5.56 Å². The molecule has 5 nitrogen and oxygen atoms in total. The fraction of sp³-hybridized carbons (Fsp3) is 0.0952. The molecule has 0 radical (unpaired) electrons. The summed E-state index contributed by atoms with van der Waals surface area (Å²) < 4.78 is 2.14. The summed E-state index contributed by atoms with van der Waals surface area (Å²) in [4.78, 5) is 31.7. The Morgan fingerprint density at radius 1 is 1.14 bits per heavy atom. The van der Waals surface area contributed by atoms with E-state index in [0.29, 0.717) is 15.9 Å². The second-order valence-corrected chi connectivity index (χ2v) is 8.34. The predicted octanol–water partition coefficient (Wildman–Crippen LogP) is 4.83. The fourth-order valence-electron chi connectivity index (χ4n) is 3.11. The number of aryl methyl sites for hydroxylation is 1. The minimum atomic E-state index is -0.289. The van der Waals surface area contributed by atoms with Crippen LogP contribution in [0.2, 0.25) is 0 Å². The normalized spacial score (nSPS) is 10.9. The van der Waals surface area contributed by atoms with Crippen LogP contribution in [0.3, 0.4) is 0 Å². The maximum absolute atomic E-state index is 13.1. The molecule has 7 heteroatoms. The highest BCUT2D eigenvalue weighted by molar-refractivity contribution is 9.10. The number of rotatable bonds is 4. The number of fused-ring (bicyclic) bond motifs is 1. The lowest BCUT2D eigenvalue weighted by Gasteiger charge is -2.09. The van der Waals surface area contributed by atoms with Crippen molar-refractivity contribution in [1.29, 1.82) is 0 Å². The van der Waals surface area contributed by atoms with Gasteiger partial charge in [-0.15, -0.1) is 11.3 Å². The van der Waals surface area contributed by atoms with Crippen LogP contribution in [-0.4, -0.2) is 15.5 Å². The first kappa shape index (κ1) is 18.6. The summed E-state index contributed by atoms with van der Waals surface area (Å²) >= 11 is 4.89. The quantitative estimate of drug-likeness (QED) is 0.480. The first-order valence-corrected chi connectivity index (χ1v) is 10.2. The van der Waals surface area contributed by atoms with Crippen molar-refractivity contribution in [3.05, 3.63) is 80.6 Å². The second-order valence-electron chi connectivity index (χ2n) is 6.29. The highest BCUT2D eigenvalue weighted by Crippen LogP contribution is 2.35. The molecule has 2 heterocycles. The lowest BCUT2D eigenvalue weighted by Crippen LogP contribution is -2.27. The standard InChI is InChI=1S/C21H16BrN3O2S/c1-13-18(14-7-3-2-4-8-14)19-20(28-13)23-12-25(21(19)27)11-17(26)24-16-10-6-5-9-15(16)22/h2-10,12H,11H2,1H3,(H,24,26). The van der Waals surface area contributed by atoms with Gasteiger partial charge in [-0.3, -0.25) is 14.2 Å². The highest BCUT2D eigenvalue weighted by Gasteiger charge is 2.17. The summed E-state index contributed by atoms with van der Waals surface area (Å²) in [5, 5.41) is 3.37. The van der Waals surface area contributed by atoms with Gasteiger partial charge in [0.15, 0.2) is 0 Å². The third-order valence-electron chi connectivity index (χ3n) is 4.38. The van der Waals surface area contributed by atoms with Crippen LogP contribution in [0.1, 0.15) is 4.88 Å². The molecule has 1 amide bonds. The molecule has 140 valence electrons. The number of thiophene rings is 1. The van der Waals surface area contributed by atoms with Crippen LogP contribution in [0.25, 0.3) is 21.3 Å². The number of anilines is 1. The SMILES string of the molecule is Cc1sc2ncn(CC(=O)Nc3ccccc3Br)c(=O)c2c1-c1ccccc1. The van der Waals surface area contributed by atoms with E-state index < -0.39 is 0 Å². The molecule has 0 fully saturated rings. The molecule has 2 aromatic carbocycles. The molecule has 4 rings (SSSR count). The number of benzene rings is 2. The number of hydrogen-bond donors (Lipinski definition) is 1. The molecule has 2 aromatic heterocycles. The molecular formula is C21H16BrN3O2S. The van der Waals surface area contributed by atoms with Crippen LogP contribution >= 0.6 is 27.3 Å². The smallest absolute Gasteiger partial charge is 0.263 e. The van der Waals surface area contributed by atoms with Crippen LogP contribution in [-0.2, 0) is 11.3 Å². The van der Waals surface area contributed by atoms with Gasteiger partial charge in [0.1, 0.15) is 11.4 Å². The van der Waals surface area contributed by atoms with Crippen molar-refractivity contribution in [3.63, 3.8) is 0 Å². The number of nitrogens with one attached hydrogen (secondary N) is 1. The molecule has 0 saturated carbocycles. The average Bonchev–Trinajstić information content (AvgIpc) is 3.03. The number of amides is 1. The van der Waals surface area contributed by atoms with E-state index in [4.69, 9.17) is 0 Å². The van der Waals surface area contributed by atoms with Gasteiger partial charge in [0, 0.05) is 14.9 Å². The summed E-state index contributed by atoms with van der Waals surface area (Å²) in [5.74, 6) is -0.289. The van der Waals surface area contributed by atoms with Gasteiger partial charge >= 0.3 is 0 Å². The topological polar surface area (TPSA) is 64.0 Å². The zero-order valence-corrected chi connectivity index (χ0v) is 17.4. The zero-order chi connectivity index (χ0) is 19.7. The minimum absolute atomic E-state index is 0.105. The van der Waals surface area contributed by atoms with E-state index in [9.17, 15) is 9.59 Å².